The third-order valence-corrected chi connectivity index (χ3v) is 3.90. The van der Waals surface area contributed by atoms with Gasteiger partial charge in [0.25, 0.3) is 0 Å². The van der Waals surface area contributed by atoms with Gasteiger partial charge in [-0.25, -0.2) is 8.78 Å². The normalized spacial score (nSPS) is 16.2. The van der Waals surface area contributed by atoms with Crippen molar-refractivity contribution in [3.8, 4) is 0 Å². The van der Waals surface area contributed by atoms with E-state index in [4.69, 9.17) is 0 Å². The fraction of sp³-hybridized carbons (Fsp3) is 0.562. The lowest BCUT2D eigenvalue weighted by atomic mass is 10.0. The van der Waals surface area contributed by atoms with Gasteiger partial charge in [0.1, 0.15) is 0 Å². The third kappa shape index (κ3) is 4.24. The summed E-state index contributed by atoms with van der Waals surface area (Å²) in [6.45, 7) is 4.47. The van der Waals surface area contributed by atoms with E-state index in [0.717, 1.165) is 31.9 Å². The fourth-order valence-corrected chi connectivity index (χ4v) is 2.64. The molecule has 0 spiro atoms. The highest BCUT2D eigenvalue weighted by Gasteiger charge is 2.23. The molecule has 116 valence electrons. The number of likely N-dealkylation sites (tertiary alicyclic amines) is 1. The Labute approximate surface area is 124 Å². The van der Waals surface area contributed by atoms with Crippen molar-refractivity contribution < 1.29 is 13.6 Å². The number of halogens is 2. The van der Waals surface area contributed by atoms with E-state index in [-0.39, 0.29) is 17.9 Å². The van der Waals surface area contributed by atoms with Gasteiger partial charge in [-0.15, -0.1) is 0 Å². The molecule has 1 fully saturated rings. The SMILES string of the molecule is CCCNC1CCN(C(=O)Cc2cccc(F)c2F)CC1. The average Bonchev–Trinajstić information content (AvgIpc) is 2.50. The van der Waals surface area contributed by atoms with E-state index in [1.54, 1.807) is 4.90 Å². The lowest BCUT2D eigenvalue weighted by Crippen LogP contribution is -2.45. The highest BCUT2D eigenvalue weighted by molar-refractivity contribution is 5.78. The summed E-state index contributed by atoms with van der Waals surface area (Å²) in [6.07, 6.45) is 2.85. The van der Waals surface area contributed by atoms with Crippen LogP contribution in [0.25, 0.3) is 0 Å². The molecule has 5 heteroatoms. The molecular weight excluding hydrogens is 274 g/mol. The monoisotopic (exact) mass is 296 g/mol. The van der Waals surface area contributed by atoms with E-state index in [1.165, 1.54) is 12.1 Å². The van der Waals surface area contributed by atoms with Gasteiger partial charge in [-0.2, -0.15) is 0 Å². The molecular formula is C16H22F2N2O. The number of hydrogen-bond donors (Lipinski definition) is 1. The summed E-state index contributed by atoms with van der Waals surface area (Å²) in [5.74, 6) is -1.94. The summed E-state index contributed by atoms with van der Waals surface area (Å²) in [5.41, 5.74) is 0.131. The molecule has 1 aromatic carbocycles. The van der Waals surface area contributed by atoms with E-state index >= 15 is 0 Å². The van der Waals surface area contributed by atoms with Crippen LogP contribution >= 0.6 is 0 Å². The number of nitrogens with one attached hydrogen (secondary N) is 1. The Morgan fingerprint density at radius 1 is 1.33 bits per heavy atom. The highest BCUT2D eigenvalue weighted by atomic mass is 19.2. The minimum Gasteiger partial charge on any atom is -0.342 e. The molecule has 0 aromatic heterocycles. The molecule has 0 unspecified atom stereocenters. The zero-order valence-corrected chi connectivity index (χ0v) is 12.4. The third-order valence-electron chi connectivity index (χ3n) is 3.90. The van der Waals surface area contributed by atoms with Crippen LogP contribution in [0.3, 0.4) is 0 Å². The molecule has 0 saturated carbocycles. The van der Waals surface area contributed by atoms with Gasteiger partial charge in [-0.1, -0.05) is 19.1 Å². The van der Waals surface area contributed by atoms with Crippen molar-refractivity contribution in [3.63, 3.8) is 0 Å². The van der Waals surface area contributed by atoms with Crippen LogP contribution in [0.15, 0.2) is 18.2 Å². The Hall–Kier alpha value is -1.49. The zero-order valence-electron chi connectivity index (χ0n) is 12.4. The van der Waals surface area contributed by atoms with Gasteiger partial charge in [0.2, 0.25) is 5.91 Å². The summed E-state index contributed by atoms with van der Waals surface area (Å²) in [5, 5.41) is 3.45. The molecule has 0 atom stereocenters. The van der Waals surface area contributed by atoms with E-state index in [2.05, 4.69) is 12.2 Å². The first-order valence-electron chi connectivity index (χ1n) is 7.56. The minimum atomic E-state index is -0.912. The molecule has 1 N–H and O–H groups in total. The van der Waals surface area contributed by atoms with Crippen LogP contribution in [-0.2, 0) is 11.2 Å². The Morgan fingerprint density at radius 2 is 2.05 bits per heavy atom. The highest BCUT2D eigenvalue weighted by Crippen LogP contribution is 2.15. The predicted molar refractivity (Wildman–Crippen MR) is 78.0 cm³/mol. The Morgan fingerprint density at radius 3 is 2.71 bits per heavy atom. The van der Waals surface area contributed by atoms with Crippen LogP contribution in [-0.4, -0.2) is 36.5 Å². The van der Waals surface area contributed by atoms with Crippen LogP contribution in [0.5, 0.6) is 0 Å². The molecule has 3 nitrogen and oxygen atoms in total. The van der Waals surface area contributed by atoms with Crippen LogP contribution in [0.2, 0.25) is 0 Å². The number of rotatable bonds is 5. The lowest BCUT2D eigenvalue weighted by Gasteiger charge is -2.32. The predicted octanol–water partition coefficient (Wildman–Crippen LogP) is 2.50. The second kappa shape index (κ2) is 7.50. The summed E-state index contributed by atoms with van der Waals surface area (Å²) < 4.78 is 26.7. The van der Waals surface area contributed by atoms with Crippen LogP contribution in [0.1, 0.15) is 31.7 Å². The first kappa shape index (κ1) is 15.9. The molecule has 1 heterocycles. The summed E-state index contributed by atoms with van der Waals surface area (Å²) in [6, 6.07) is 4.42. The molecule has 0 aliphatic carbocycles. The Balaban J connectivity index is 1.86. The van der Waals surface area contributed by atoms with Crippen molar-refractivity contribution >= 4 is 5.91 Å². The molecule has 2 rings (SSSR count). The van der Waals surface area contributed by atoms with E-state index in [0.29, 0.717) is 19.1 Å². The topological polar surface area (TPSA) is 32.3 Å². The van der Waals surface area contributed by atoms with Crippen molar-refractivity contribution in [3.05, 3.63) is 35.4 Å². The van der Waals surface area contributed by atoms with Crippen LogP contribution < -0.4 is 5.32 Å². The summed E-state index contributed by atoms with van der Waals surface area (Å²) in [7, 11) is 0. The second-order valence-corrected chi connectivity index (χ2v) is 5.50. The van der Waals surface area contributed by atoms with Crippen molar-refractivity contribution in [2.45, 2.75) is 38.6 Å². The smallest absolute Gasteiger partial charge is 0.227 e. The van der Waals surface area contributed by atoms with Gasteiger partial charge in [0.05, 0.1) is 6.42 Å². The maximum atomic E-state index is 13.6. The van der Waals surface area contributed by atoms with Gasteiger partial charge in [0.15, 0.2) is 11.6 Å². The number of nitrogens with zero attached hydrogens (tertiary/aromatic N) is 1. The summed E-state index contributed by atoms with van der Waals surface area (Å²) in [4.78, 5) is 13.9. The lowest BCUT2D eigenvalue weighted by molar-refractivity contribution is -0.131. The summed E-state index contributed by atoms with van der Waals surface area (Å²) >= 11 is 0. The van der Waals surface area contributed by atoms with E-state index in [1.807, 2.05) is 0 Å². The molecule has 1 amide bonds. The van der Waals surface area contributed by atoms with Gasteiger partial charge >= 0.3 is 0 Å². The van der Waals surface area contributed by atoms with E-state index in [9.17, 15) is 13.6 Å². The standard InChI is InChI=1S/C16H22F2N2O/c1-2-8-19-13-6-9-20(10-7-13)15(21)11-12-4-3-5-14(17)16(12)18/h3-5,13,19H,2,6-11H2,1H3. The molecule has 1 aliphatic rings. The Kier molecular flexibility index (Phi) is 5.67. The molecule has 0 bridgehead atoms. The Bertz CT molecular complexity index is 485. The van der Waals surface area contributed by atoms with Crippen molar-refractivity contribution in [2.24, 2.45) is 0 Å². The number of piperidine rings is 1. The maximum absolute atomic E-state index is 13.6. The first-order valence-corrected chi connectivity index (χ1v) is 7.56. The molecule has 21 heavy (non-hydrogen) atoms. The first-order chi connectivity index (χ1) is 10.1. The zero-order chi connectivity index (χ0) is 15.2. The molecule has 1 aliphatic heterocycles. The number of carbonyl (C=O) groups excluding carboxylic acids is 1. The second-order valence-electron chi connectivity index (χ2n) is 5.50. The van der Waals surface area contributed by atoms with Gasteiger partial charge in [-0.3, -0.25) is 4.79 Å². The average molecular weight is 296 g/mol. The number of benzene rings is 1. The maximum Gasteiger partial charge on any atom is 0.227 e. The van der Waals surface area contributed by atoms with Gasteiger partial charge in [-0.05, 0) is 31.9 Å². The number of hydrogen-bond acceptors (Lipinski definition) is 2. The number of carbonyl (C=O) groups is 1. The fourth-order valence-electron chi connectivity index (χ4n) is 2.64. The molecule has 1 saturated heterocycles. The quantitative estimate of drug-likeness (QED) is 0.905. The van der Waals surface area contributed by atoms with Crippen LogP contribution in [0.4, 0.5) is 8.78 Å². The van der Waals surface area contributed by atoms with Gasteiger partial charge < -0.3 is 10.2 Å². The van der Waals surface area contributed by atoms with Crippen molar-refractivity contribution in [1.29, 1.82) is 0 Å². The van der Waals surface area contributed by atoms with E-state index < -0.39 is 11.6 Å². The van der Waals surface area contributed by atoms with Crippen LogP contribution in [0, 0.1) is 11.6 Å². The molecule has 0 radical (unpaired) electrons. The minimum absolute atomic E-state index is 0.0728. The number of amides is 1. The largest absolute Gasteiger partial charge is 0.342 e. The molecule has 1 aromatic rings. The van der Waals surface area contributed by atoms with Crippen molar-refractivity contribution in [1.82, 2.24) is 10.2 Å². The van der Waals surface area contributed by atoms with Gasteiger partial charge in [0, 0.05) is 24.7 Å². The van der Waals surface area contributed by atoms with Crippen molar-refractivity contribution in [2.75, 3.05) is 19.6 Å².